The molecule has 0 bridgehead atoms. The Labute approximate surface area is 136 Å². The number of hydrogen-bond acceptors (Lipinski definition) is 5. The fraction of sp³-hybridized carbons (Fsp3) is 0.312. The van der Waals surface area contributed by atoms with Crippen LogP contribution in [0.15, 0.2) is 46.5 Å². The molecule has 1 saturated heterocycles. The van der Waals surface area contributed by atoms with E-state index in [1.807, 2.05) is 30.3 Å². The number of para-hydroxylation sites is 1. The summed E-state index contributed by atoms with van der Waals surface area (Å²) in [5, 5.41) is 5.41. The monoisotopic (exact) mass is 328 g/mol. The molecule has 1 fully saturated rings. The third-order valence-corrected chi connectivity index (χ3v) is 4.85. The van der Waals surface area contributed by atoms with E-state index in [0.29, 0.717) is 16.2 Å². The van der Waals surface area contributed by atoms with Crippen LogP contribution in [-0.4, -0.2) is 38.2 Å². The van der Waals surface area contributed by atoms with Gasteiger partial charge in [-0.2, -0.15) is 5.10 Å². The second-order valence-electron chi connectivity index (χ2n) is 5.45. The molecular weight excluding hydrogens is 312 g/mol. The lowest BCUT2D eigenvalue weighted by Crippen LogP contribution is -2.12. The van der Waals surface area contributed by atoms with Crippen molar-refractivity contribution >= 4 is 22.8 Å². The summed E-state index contributed by atoms with van der Waals surface area (Å²) in [7, 11) is 0. The van der Waals surface area contributed by atoms with Crippen molar-refractivity contribution in [3.63, 3.8) is 0 Å². The Hall–Kier alpha value is -2.12. The van der Waals surface area contributed by atoms with Gasteiger partial charge in [0.1, 0.15) is 5.39 Å². The van der Waals surface area contributed by atoms with Crippen LogP contribution < -0.4 is 5.56 Å². The Bertz CT molecular complexity index is 869. The molecule has 6 nitrogen and oxygen atoms in total. The van der Waals surface area contributed by atoms with Crippen molar-refractivity contribution < 1.29 is 4.74 Å². The van der Waals surface area contributed by atoms with E-state index in [1.54, 1.807) is 10.9 Å². The Morgan fingerprint density at radius 2 is 2.22 bits per heavy atom. The van der Waals surface area contributed by atoms with Gasteiger partial charge in [-0.05, 0) is 25.0 Å². The number of H-pyrrole nitrogens is 1. The van der Waals surface area contributed by atoms with Crippen LogP contribution in [0, 0.1) is 0 Å². The quantitative estimate of drug-likeness (QED) is 0.588. The van der Waals surface area contributed by atoms with Gasteiger partial charge < -0.3 is 9.72 Å². The van der Waals surface area contributed by atoms with E-state index in [1.165, 1.54) is 11.8 Å². The van der Waals surface area contributed by atoms with Gasteiger partial charge in [-0.3, -0.25) is 4.79 Å². The third kappa shape index (κ3) is 2.89. The number of thioether (sulfide) groups is 1. The van der Waals surface area contributed by atoms with Crippen LogP contribution >= 0.6 is 11.8 Å². The van der Waals surface area contributed by atoms with E-state index >= 15 is 0 Å². The molecular formula is C16H16N4O2S. The van der Waals surface area contributed by atoms with Crippen molar-refractivity contribution in [1.29, 1.82) is 0 Å². The zero-order valence-electron chi connectivity index (χ0n) is 12.4. The summed E-state index contributed by atoms with van der Waals surface area (Å²) in [5.41, 5.74) is 1.30. The van der Waals surface area contributed by atoms with Crippen LogP contribution in [0.2, 0.25) is 0 Å². The molecule has 0 radical (unpaired) electrons. The van der Waals surface area contributed by atoms with Crippen LogP contribution in [0.1, 0.15) is 12.8 Å². The largest absolute Gasteiger partial charge is 0.377 e. The first-order valence-electron chi connectivity index (χ1n) is 7.59. The molecule has 0 spiro atoms. The van der Waals surface area contributed by atoms with E-state index in [4.69, 9.17) is 4.74 Å². The molecule has 1 aliphatic rings. The maximum atomic E-state index is 12.2. The highest BCUT2D eigenvalue weighted by Gasteiger charge is 2.17. The summed E-state index contributed by atoms with van der Waals surface area (Å²) in [4.78, 5) is 19.7. The molecule has 1 aliphatic heterocycles. The highest BCUT2D eigenvalue weighted by molar-refractivity contribution is 7.99. The molecule has 3 aromatic rings. The zero-order chi connectivity index (χ0) is 15.6. The van der Waals surface area contributed by atoms with Crippen LogP contribution in [0.3, 0.4) is 0 Å². The Morgan fingerprint density at radius 3 is 3.00 bits per heavy atom. The first-order chi connectivity index (χ1) is 11.3. The van der Waals surface area contributed by atoms with Gasteiger partial charge in [0.25, 0.3) is 5.56 Å². The SMILES string of the molecule is O=c1[nH]c(SCC2CCCO2)nc2c1cnn2-c1ccccc1. The molecule has 23 heavy (non-hydrogen) atoms. The smallest absolute Gasteiger partial charge is 0.262 e. The summed E-state index contributed by atoms with van der Waals surface area (Å²) in [5.74, 6) is 0.800. The first kappa shape index (κ1) is 14.5. The molecule has 1 atom stereocenters. The predicted octanol–water partition coefficient (Wildman–Crippen LogP) is 2.38. The molecule has 7 heteroatoms. The number of fused-ring (bicyclic) bond motifs is 1. The number of hydrogen-bond donors (Lipinski definition) is 1. The fourth-order valence-corrected chi connectivity index (χ4v) is 3.60. The van der Waals surface area contributed by atoms with Crippen LogP contribution in [-0.2, 0) is 4.74 Å². The molecule has 3 heterocycles. The summed E-state index contributed by atoms with van der Waals surface area (Å²) in [6.45, 7) is 0.828. The van der Waals surface area contributed by atoms with Gasteiger partial charge in [-0.15, -0.1) is 0 Å². The lowest BCUT2D eigenvalue weighted by atomic mass is 10.3. The van der Waals surface area contributed by atoms with Crippen LogP contribution in [0.4, 0.5) is 0 Å². The minimum Gasteiger partial charge on any atom is -0.377 e. The topological polar surface area (TPSA) is 72.8 Å². The van der Waals surface area contributed by atoms with Crippen molar-refractivity contribution in [2.24, 2.45) is 0 Å². The second kappa shape index (κ2) is 6.17. The lowest BCUT2D eigenvalue weighted by Gasteiger charge is -2.08. The van der Waals surface area contributed by atoms with Crippen LogP contribution in [0.5, 0.6) is 0 Å². The number of nitrogens with one attached hydrogen (secondary N) is 1. The van der Waals surface area contributed by atoms with Gasteiger partial charge in [0.05, 0.1) is 18.0 Å². The molecule has 2 aromatic heterocycles. The second-order valence-corrected chi connectivity index (χ2v) is 6.46. The summed E-state index contributed by atoms with van der Waals surface area (Å²) in [6.07, 6.45) is 3.99. The molecule has 4 rings (SSSR count). The first-order valence-corrected chi connectivity index (χ1v) is 8.58. The average molecular weight is 328 g/mol. The van der Waals surface area contributed by atoms with Crippen molar-refractivity contribution in [3.05, 3.63) is 46.9 Å². The number of nitrogens with zero attached hydrogens (tertiary/aromatic N) is 3. The highest BCUT2D eigenvalue weighted by atomic mass is 32.2. The van der Waals surface area contributed by atoms with Crippen molar-refractivity contribution in [2.45, 2.75) is 24.1 Å². The van der Waals surface area contributed by atoms with Crippen molar-refractivity contribution in [2.75, 3.05) is 12.4 Å². The maximum absolute atomic E-state index is 12.2. The molecule has 1 unspecified atom stereocenters. The van der Waals surface area contributed by atoms with Gasteiger partial charge in [0.2, 0.25) is 0 Å². The van der Waals surface area contributed by atoms with E-state index in [0.717, 1.165) is 30.9 Å². The van der Waals surface area contributed by atoms with Gasteiger partial charge in [0, 0.05) is 12.4 Å². The van der Waals surface area contributed by atoms with Gasteiger partial charge in [-0.1, -0.05) is 30.0 Å². The van der Waals surface area contributed by atoms with E-state index in [-0.39, 0.29) is 11.7 Å². The number of aromatic nitrogens is 4. The zero-order valence-corrected chi connectivity index (χ0v) is 13.3. The fourth-order valence-electron chi connectivity index (χ4n) is 2.67. The Kier molecular flexibility index (Phi) is 3.88. The predicted molar refractivity (Wildman–Crippen MR) is 89.2 cm³/mol. The van der Waals surface area contributed by atoms with Crippen molar-refractivity contribution in [3.8, 4) is 5.69 Å². The summed E-state index contributed by atoms with van der Waals surface area (Å²) in [6, 6.07) is 9.69. The number of benzene rings is 1. The van der Waals surface area contributed by atoms with Crippen LogP contribution in [0.25, 0.3) is 16.7 Å². The Morgan fingerprint density at radius 1 is 1.35 bits per heavy atom. The summed E-state index contributed by atoms with van der Waals surface area (Å²) >= 11 is 1.52. The van der Waals surface area contributed by atoms with Gasteiger partial charge >= 0.3 is 0 Å². The molecule has 0 saturated carbocycles. The molecule has 0 aliphatic carbocycles. The number of aromatic amines is 1. The maximum Gasteiger partial charge on any atom is 0.262 e. The number of rotatable bonds is 4. The highest BCUT2D eigenvalue weighted by Crippen LogP contribution is 2.22. The average Bonchev–Trinajstić information content (AvgIpc) is 3.23. The van der Waals surface area contributed by atoms with Gasteiger partial charge in [0.15, 0.2) is 10.8 Å². The Balaban J connectivity index is 1.69. The van der Waals surface area contributed by atoms with E-state index < -0.39 is 0 Å². The minimum atomic E-state index is -0.160. The third-order valence-electron chi connectivity index (χ3n) is 3.85. The lowest BCUT2D eigenvalue weighted by molar-refractivity contribution is 0.129. The van der Waals surface area contributed by atoms with Crippen molar-refractivity contribution in [1.82, 2.24) is 19.7 Å². The number of ether oxygens (including phenoxy) is 1. The standard InChI is InChI=1S/C16H16N4O2S/c21-15-13-9-17-20(11-5-2-1-3-6-11)14(13)18-16(19-15)23-10-12-7-4-8-22-12/h1-3,5-6,9,12H,4,7-8,10H2,(H,18,19,21). The van der Waals surface area contributed by atoms with Gasteiger partial charge in [-0.25, -0.2) is 9.67 Å². The van der Waals surface area contributed by atoms with E-state index in [9.17, 15) is 4.79 Å². The van der Waals surface area contributed by atoms with E-state index in [2.05, 4.69) is 15.1 Å². The normalized spacial score (nSPS) is 17.8. The summed E-state index contributed by atoms with van der Waals surface area (Å²) < 4.78 is 7.31. The molecule has 118 valence electrons. The molecule has 1 aromatic carbocycles. The molecule has 0 amide bonds. The minimum absolute atomic E-state index is 0.160. The molecule has 1 N–H and O–H groups in total.